The molecule has 1 heterocycles. The van der Waals surface area contributed by atoms with Crippen LogP contribution >= 0.6 is 0 Å². The molecule has 2 heteroatoms. The molecule has 0 saturated carbocycles. The third-order valence-corrected chi connectivity index (χ3v) is 6.19. The summed E-state index contributed by atoms with van der Waals surface area (Å²) < 4.78 is 2.20. The highest BCUT2D eigenvalue weighted by molar-refractivity contribution is 5.99. The number of rotatable bonds is 1. The molecule has 0 atom stereocenters. The summed E-state index contributed by atoms with van der Waals surface area (Å²) in [6.45, 7) is 16.1. The average molecular weight is 360 g/mol. The topological polar surface area (TPSA) is 16.8 Å². The molecule has 0 spiro atoms. The Morgan fingerprint density at radius 3 is 2.41 bits per heavy atom. The van der Waals surface area contributed by atoms with Gasteiger partial charge in [-0.2, -0.15) is 0 Å². The van der Waals surface area contributed by atoms with Gasteiger partial charge in [-0.3, -0.25) is 0 Å². The van der Waals surface area contributed by atoms with E-state index < -0.39 is 0 Å². The molecule has 0 unspecified atom stereocenters. The number of hydrogen-bond acceptors (Lipinski definition) is 1. The van der Waals surface area contributed by atoms with Gasteiger partial charge in [0.25, 0.3) is 6.33 Å². The molecule has 2 nitrogen and oxygen atoms in total. The van der Waals surface area contributed by atoms with E-state index in [2.05, 4.69) is 84.3 Å². The Morgan fingerprint density at radius 2 is 1.74 bits per heavy atom. The summed E-state index contributed by atoms with van der Waals surface area (Å²) >= 11 is 0. The highest BCUT2D eigenvalue weighted by atomic mass is 15.0. The van der Waals surface area contributed by atoms with Gasteiger partial charge in [0.15, 0.2) is 5.52 Å². The van der Waals surface area contributed by atoms with Crippen LogP contribution in [0.15, 0.2) is 30.6 Å². The van der Waals surface area contributed by atoms with E-state index in [9.17, 15) is 0 Å². The van der Waals surface area contributed by atoms with Crippen molar-refractivity contribution in [2.45, 2.75) is 60.3 Å². The summed E-state index contributed by atoms with van der Waals surface area (Å²) in [5, 5.41) is 1.32. The zero-order valence-electron chi connectivity index (χ0n) is 18.0. The van der Waals surface area contributed by atoms with E-state index >= 15 is 0 Å². The Kier molecular flexibility index (Phi) is 3.79. The van der Waals surface area contributed by atoms with Gasteiger partial charge >= 0.3 is 0 Å². The van der Waals surface area contributed by atoms with E-state index in [1.54, 1.807) is 0 Å². The minimum Gasteiger partial charge on any atom is -0.232 e. The van der Waals surface area contributed by atoms with Crippen LogP contribution in [0, 0.1) is 19.3 Å². The Morgan fingerprint density at radius 1 is 1.04 bits per heavy atom. The van der Waals surface area contributed by atoms with Crippen molar-refractivity contribution in [3.8, 4) is 11.3 Å². The first-order valence-electron chi connectivity index (χ1n) is 9.93. The molecule has 0 saturated heterocycles. The third kappa shape index (κ3) is 2.69. The van der Waals surface area contributed by atoms with Crippen LogP contribution in [0.1, 0.15) is 62.4 Å². The summed E-state index contributed by atoms with van der Waals surface area (Å²) in [5.41, 5.74) is 11.0. The fourth-order valence-corrected chi connectivity index (χ4v) is 4.71. The van der Waals surface area contributed by atoms with E-state index in [4.69, 9.17) is 4.98 Å². The second-order valence-corrected chi connectivity index (χ2v) is 10.0. The molecule has 0 bridgehead atoms. The Labute approximate surface area is 163 Å². The summed E-state index contributed by atoms with van der Waals surface area (Å²) in [7, 11) is 2.12. The Bertz CT molecular complexity index is 1080. The number of aromatic nitrogens is 2. The van der Waals surface area contributed by atoms with E-state index in [0.717, 1.165) is 11.9 Å². The molecule has 0 amide bonds. The fraction of sp³-hybridized carbons (Fsp3) is 0.440. The molecule has 1 aliphatic rings. The smallest absolute Gasteiger partial charge is 0.232 e. The molecular formula is C25H31N2+. The lowest BCUT2D eigenvalue weighted by molar-refractivity contribution is -0.662. The number of nitrogens with zero attached hydrogens (tertiary/aromatic N) is 2. The van der Waals surface area contributed by atoms with Crippen LogP contribution in [0.2, 0.25) is 0 Å². The van der Waals surface area contributed by atoms with Crippen molar-refractivity contribution in [1.29, 1.82) is 0 Å². The van der Waals surface area contributed by atoms with Gasteiger partial charge in [0.05, 0.1) is 12.4 Å². The summed E-state index contributed by atoms with van der Waals surface area (Å²) in [6, 6.07) is 9.36. The van der Waals surface area contributed by atoms with Crippen molar-refractivity contribution in [1.82, 2.24) is 4.98 Å². The molecule has 27 heavy (non-hydrogen) atoms. The summed E-state index contributed by atoms with van der Waals surface area (Å²) in [6.07, 6.45) is 3.04. The molecule has 1 aliphatic carbocycles. The van der Waals surface area contributed by atoms with Crippen LogP contribution < -0.4 is 4.57 Å². The minimum atomic E-state index is -0.0387. The Hall–Kier alpha value is -2.22. The van der Waals surface area contributed by atoms with E-state index in [0.29, 0.717) is 0 Å². The number of benzene rings is 2. The summed E-state index contributed by atoms with van der Waals surface area (Å²) in [5.74, 6) is 0. The zero-order valence-corrected chi connectivity index (χ0v) is 18.0. The quantitative estimate of drug-likeness (QED) is 0.519. The van der Waals surface area contributed by atoms with Crippen molar-refractivity contribution in [3.63, 3.8) is 0 Å². The second kappa shape index (κ2) is 5.64. The predicted octanol–water partition coefficient (Wildman–Crippen LogP) is 5.57. The highest BCUT2D eigenvalue weighted by Gasteiger charge is 2.38. The van der Waals surface area contributed by atoms with Crippen molar-refractivity contribution >= 4 is 10.9 Å². The molecule has 0 fully saturated rings. The van der Waals surface area contributed by atoms with Crippen LogP contribution in [0.4, 0.5) is 0 Å². The lowest BCUT2D eigenvalue weighted by atomic mass is 9.68. The largest absolute Gasteiger partial charge is 0.287 e. The van der Waals surface area contributed by atoms with Gasteiger partial charge in [-0.05, 0) is 64.6 Å². The highest BCUT2D eigenvalue weighted by Crippen LogP contribution is 2.49. The minimum absolute atomic E-state index is 0.0387. The van der Waals surface area contributed by atoms with Gasteiger partial charge in [-0.15, -0.1) is 0 Å². The average Bonchev–Trinajstić information content (AvgIpc) is 2.55. The zero-order chi connectivity index (χ0) is 19.7. The van der Waals surface area contributed by atoms with Crippen molar-refractivity contribution in [2.24, 2.45) is 12.5 Å². The summed E-state index contributed by atoms with van der Waals surface area (Å²) in [4.78, 5) is 4.83. The van der Waals surface area contributed by atoms with Crippen LogP contribution in [-0.2, 0) is 18.9 Å². The molecule has 0 aliphatic heterocycles. The van der Waals surface area contributed by atoms with Crippen LogP contribution in [-0.4, -0.2) is 4.98 Å². The van der Waals surface area contributed by atoms with Gasteiger partial charge in [0.1, 0.15) is 5.69 Å². The van der Waals surface area contributed by atoms with Gasteiger partial charge in [0.2, 0.25) is 0 Å². The molecule has 2 aromatic carbocycles. The maximum atomic E-state index is 4.83. The Balaban J connectivity index is 2.16. The van der Waals surface area contributed by atoms with Crippen LogP contribution in [0.3, 0.4) is 0 Å². The number of fused-ring (bicyclic) bond motifs is 2. The normalized spacial score (nSPS) is 15.1. The lowest BCUT2D eigenvalue weighted by Gasteiger charge is -2.35. The van der Waals surface area contributed by atoms with E-state index in [-0.39, 0.29) is 10.8 Å². The molecule has 140 valence electrons. The van der Waals surface area contributed by atoms with Crippen molar-refractivity contribution in [2.75, 3.05) is 0 Å². The lowest BCUT2D eigenvalue weighted by Crippen LogP contribution is -2.36. The first kappa shape index (κ1) is 18.2. The molecule has 0 N–H and O–H groups in total. The van der Waals surface area contributed by atoms with E-state index in [1.807, 2.05) is 6.33 Å². The maximum absolute atomic E-state index is 4.83. The molecule has 0 radical (unpaired) electrons. The number of hydrogen-bond donors (Lipinski definition) is 0. The maximum Gasteiger partial charge on any atom is 0.287 e. The number of aryl methyl sites for hydroxylation is 2. The first-order chi connectivity index (χ1) is 12.5. The predicted molar refractivity (Wildman–Crippen MR) is 113 cm³/mol. The third-order valence-electron chi connectivity index (χ3n) is 6.19. The van der Waals surface area contributed by atoms with Gasteiger partial charge < -0.3 is 0 Å². The van der Waals surface area contributed by atoms with Gasteiger partial charge in [0, 0.05) is 11.0 Å². The molecule has 1 aromatic heterocycles. The first-order valence-corrected chi connectivity index (χ1v) is 9.93. The van der Waals surface area contributed by atoms with Crippen LogP contribution in [0.5, 0.6) is 0 Å². The van der Waals surface area contributed by atoms with Crippen LogP contribution in [0.25, 0.3) is 22.2 Å². The van der Waals surface area contributed by atoms with Crippen molar-refractivity contribution in [3.05, 3.63) is 58.4 Å². The SMILES string of the molecule is Cc1ccc2c(c1C)-c1c3c(cc(CC(C)(C)C)cc3nc[n+]1C)C2(C)C. The second-order valence-electron chi connectivity index (χ2n) is 10.0. The molecular weight excluding hydrogens is 328 g/mol. The monoisotopic (exact) mass is 359 g/mol. The molecule has 4 rings (SSSR count). The molecule has 3 aromatic rings. The fourth-order valence-electron chi connectivity index (χ4n) is 4.71. The van der Waals surface area contributed by atoms with E-state index in [1.165, 1.54) is 44.5 Å². The van der Waals surface area contributed by atoms with Gasteiger partial charge in [-0.25, -0.2) is 4.57 Å². The van der Waals surface area contributed by atoms with Gasteiger partial charge in [-0.1, -0.05) is 52.8 Å². The standard InChI is InChI=1S/C25H31N2/c1-15-9-10-18-21(16(15)2)23-22-19(25(18,6)7)11-17(13-24(3,4)5)12-20(22)26-14-27(23)8/h9-12,14H,13H2,1-8H3/q+1. The van der Waals surface area contributed by atoms with Crippen molar-refractivity contribution < 1.29 is 4.57 Å².